The van der Waals surface area contributed by atoms with Crippen molar-refractivity contribution in [3.05, 3.63) is 39.9 Å². The zero-order valence-electron chi connectivity index (χ0n) is 11.5. The lowest BCUT2D eigenvalue weighted by Gasteiger charge is -2.31. The Labute approximate surface area is 113 Å². The molecule has 1 aliphatic heterocycles. The van der Waals surface area contributed by atoms with Crippen LogP contribution in [0.2, 0.25) is 0 Å². The lowest BCUT2D eigenvalue weighted by molar-refractivity contribution is -0.384. The average molecular weight is 263 g/mol. The maximum atomic E-state index is 10.7. The summed E-state index contributed by atoms with van der Waals surface area (Å²) >= 11 is 0. The van der Waals surface area contributed by atoms with E-state index >= 15 is 0 Å². The molecule has 19 heavy (non-hydrogen) atoms. The summed E-state index contributed by atoms with van der Waals surface area (Å²) in [5, 5.41) is 10.7. The summed E-state index contributed by atoms with van der Waals surface area (Å²) < 4.78 is 0. The molecule has 2 unspecified atom stereocenters. The van der Waals surface area contributed by atoms with Gasteiger partial charge in [0.2, 0.25) is 0 Å². The van der Waals surface area contributed by atoms with Crippen molar-refractivity contribution >= 4 is 5.69 Å². The van der Waals surface area contributed by atoms with Crippen molar-refractivity contribution in [2.75, 3.05) is 13.1 Å². The highest BCUT2D eigenvalue weighted by atomic mass is 16.6. The quantitative estimate of drug-likeness (QED) is 0.668. The van der Waals surface area contributed by atoms with E-state index in [-0.39, 0.29) is 16.7 Å². The molecule has 0 bridgehead atoms. The number of nitrogens with zero attached hydrogens (tertiary/aromatic N) is 2. The van der Waals surface area contributed by atoms with Gasteiger partial charge in [0, 0.05) is 24.2 Å². The zero-order valence-corrected chi connectivity index (χ0v) is 11.5. The Morgan fingerprint density at radius 2 is 2.05 bits per heavy atom. The summed E-state index contributed by atoms with van der Waals surface area (Å²) in [4.78, 5) is 12.8. The molecule has 0 amide bonds. The van der Waals surface area contributed by atoms with Gasteiger partial charge in [-0.15, -0.1) is 0 Å². The first-order valence-electron chi connectivity index (χ1n) is 6.74. The van der Waals surface area contributed by atoms with E-state index in [9.17, 15) is 10.1 Å². The van der Waals surface area contributed by atoms with Crippen LogP contribution < -0.4 is 5.73 Å². The van der Waals surface area contributed by atoms with E-state index in [4.69, 9.17) is 5.73 Å². The molecule has 2 atom stereocenters. The second kappa shape index (κ2) is 5.67. The second-order valence-corrected chi connectivity index (χ2v) is 5.41. The molecule has 1 fully saturated rings. The summed E-state index contributed by atoms with van der Waals surface area (Å²) in [6, 6.07) is 7.64. The lowest BCUT2D eigenvalue weighted by atomic mass is 9.93. The summed E-state index contributed by atoms with van der Waals surface area (Å²) in [5.74, 6) is 0.434. The molecule has 2 N–H and O–H groups in total. The molecule has 0 saturated carbocycles. The van der Waals surface area contributed by atoms with Gasteiger partial charge in [0.05, 0.1) is 4.92 Å². The monoisotopic (exact) mass is 263 g/mol. The molecule has 2 rings (SSSR count). The molecule has 104 valence electrons. The summed E-state index contributed by atoms with van der Waals surface area (Å²) in [6.07, 6.45) is 1.09. The van der Waals surface area contributed by atoms with Gasteiger partial charge in [-0.2, -0.15) is 0 Å². The number of nitrogens with two attached hydrogens (primary N) is 1. The van der Waals surface area contributed by atoms with Crippen LogP contribution in [0.1, 0.15) is 31.9 Å². The molecule has 1 aromatic carbocycles. The predicted molar refractivity (Wildman–Crippen MR) is 74.8 cm³/mol. The van der Waals surface area contributed by atoms with Crippen LogP contribution in [0.3, 0.4) is 0 Å². The Morgan fingerprint density at radius 1 is 1.42 bits per heavy atom. The van der Waals surface area contributed by atoms with Crippen LogP contribution in [-0.4, -0.2) is 29.0 Å². The minimum atomic E-state index is -0.362. The highest BCUT2D eigenvalue weighted by Gasteiger charge is 2.35. The third-order valence-electron chi connectivity index (χ3n) is 3.97. The van der Waals surface area contributed by atoms with E-state index in [1.165, 1.54) is 0 Å². The first kappa shape index (κ1) is 14.0. The molecule has 1 heterocycles. The van der Waals surface area contributed by atoms with Crippen LogP contribution in [0.5, 0.6) is 0 Å². The Kier molecular flexibility index (Phi) is 4.17. The van der Waals surface area contributed by atoms with E-state index in [2.05, 4.69) is 18.7 Å². The first-order chi connectivity index (χ1) is 9.04. The number of likely N-dealkylation sites (tertiary alicyclic amines) is 1. The van der Waals surface area contributed by atoms with Gasteiger partial charge in [0.25, 0.3) is 5.69 Å². The van der Waals surface area contributed by atoms with Gasteiger partial charge in [0.15, 0.2) is 0 Å². The number of benzene rings is 1. The molecular weight excluding hydrogens is 242 g/mol. The van der Waals surface area contributed by atoms with E-state index in [1.807, 2.05) is 12.1 Å². The molecule has 0 spiro atoms. The zero-order chi connectivity index (χ0) is 14.0. The Balaban J connectivity index is 2.28. The van der Waals surface area contributed by atoms with Crippen molar-refractivity contribution in [3.63, 3.8) is 0 Å². The molecule has 0 radical (unpaired) electrons. The van der Waals surface area contributed by atoms with Crippen LogP contribution in [0.25, 0.3) is 0 Å². The Morgan fingerprint density at radius 3 is 2.53 bits per heavy atom. The van der Waals surface area contributed by atoms with Crippen molar-refractivity contribution in [1.29, 1.82) is 0 Å². The van der Waals surface area contributed by atoms with Crippen LogP contribution >= 0.6 is 0 Å². The normalized spacial score (nSPS) is 24.0. The smallest absolute Gasteiger partial charge is 0.269 e. The third kappa shape index (κ3) is 2.77. The second-order valence-electron chi connectivity index (χ2n) is 5.41. The minimum absolute atomic E-state index is 0.141. The van der Waals surface area contributed by atoms with Gasteiger partial charge in [0.1, 0.15) is 0 Å². The van der Waals surface area contributed by atoms with Crippen molar-refractivity contribution in [3.8, 4) is 0 Å². The molecule has 1 saturated heterocycles. The van der Waals surface area contributed by atoms with Crippen molar-refractivity contribution in [2.24, 2.45) is 11.7 Å². The minimum Gasteiger partial charge on any atom is -0.330 e. The van der Waals surface area contributed by atoms with Gasteiger partial charge in [-0.1, -0.05) is 12.1 Å². The van der Waals surface area contributed by atoms with Crippen molar-refractivity contribution < 1.29 is 4.92 Å². The molecule has 0 aromatic heterocycles. The molecule has 0 aliphatic carbocycles. The van der Waals surface area contributed by atoms with E-state index < -0.39 is 0 Å². The van der Waals surface area contributed by atoms with Crippen LogP contribution in [0.15, 0.2) is 24.3 Å². The van der Waals surface area contributed by atoms with Crippen molar-refractivity contribution in [1.82, 2.24) is 4.90 Å². The summed E-state index contributed by atoms with van der Waals surface area (Å²) in [7, 11) is 0. The number of rotatable bonds is 4. The first-order valence-corrected chi connectivity index (χ1v) is 6.74. The number of nitro groups is 1. The maximum absolute atomic E-state index is 10.7. The van der Waals surface area contributed by atoms with E-state index in [0.29, 0.717) is 18.5 Å². The Hall–Kier alpha value is -1.46. The molecule has 5 heteroatoms. The van der Waals surface area contributed by atoms with Gasteiger partial charge in [-0.05, 0) is 44.8 Å². The lowest BCUT2D eigenvalue weighted by Crippen LogP contribution is -2.33. The SMILES string of the molecule is CC(C)N1CCC(CN)C1c1ccc([N+](=O)[O-])cc1. The maximum Gasteiger partial charge on any atom is 0.269 e. The predicted octanol–water partition coefficient (Wildman–Crippen LogP) is 2.32. The van der Waals surface area contributed by atoms with E-state index in [0.717, 1.165) is 18.5 Å². The molecular formula is C14H21N3O2. The third-order valence-corrected chi connectivity index (χ3v) is 3.97. The summed E-state index contributed by atoms with van der Waals surface area (Å²) in [6.45, 7) is 6.06. The highest BCUT2D eigenvalue weighted by molar-refractivity contribution is 5.35. The van der Waals surface area contributed by atoms with Crippen LogP contribution in [0, 0.1) is 16.0 Å². The fourth-order valence-corrected chi connectivity index (χ4v) is 2.97. The van der Waals surface area contributed by atoms with E-state index in [1.54, 1.807) is 12.1 Å². The Bertz CT molecular complexity index is 445. The molecule has 5 nitrogen and oxygen atoms in total. The van der Waals surface area contributed by atoms with Gasteiger partial charge >= 0.3 is 0 Å². The fraction of sp³-hybridized carbons (Fsp3) is 0.571. The van der Waals surface area contributed by atoms with Gasteiger partial charge in [-0.25, -0.2) is 0 Å². The average Bonchev–Trinajstić information content (AvgIpc) is 2.82. The largest absolute Gasteiger partial charge is 0.330 e. The van der Waals surface area contributed by atoms with Crippen LogP contribution in [-0.2, 0) is 0 Å². The number of hydrogen-bond donors (Lipinski definition) is 1. The highest BCUT2D eigenvalue weighted by Crippen LogP contribution is 2.38. The summed E-state index contributed by atoms with van der Waals surface area (Å²) in [5.41, 5.74) is 7.14. The van der Waals surface area contributed by atoms with Crippen LogP contribution in [0.4, 0.5) is 5.69 Å². The fourth-order valence-electron chi connectivity index (χ4n) is 2.97. The van der Waals surface area contributed by atoms with Gasteiger partial charge in [-0.3, -0.25) is 15.0 Å². The number of nitro benzene ring substituents is 1. The molecule has 1 aliphatic rings. The number of non-ortho nitro benzene ring substituents is 1. The van der Waals surface area contributed by atoms with Gasteiger partial charge < -0.3 is 5.73 Å². The number of hydrogen-bond acceptors (Lipinski definition) is 4. The molecule has 1 aromatic rings. The topological polar surface area (TPSA) is 72.4 Å². The standard InChI is InChI=1S/C14H21N3O2/c1-10(2)16-8-7-12(9-15)14(16)11-3-5-13(6-4-11)17(18)19/h3-6,10,12,14H,7-9,15H2,1-2H3. The van der Waals surface area contributed by atoms with Crippen molar-refractivity contribution in [2.45, 2.75) is 32.4 Å².